The SMILES string of the molecule is COCc1nc(Cl)c([N+](=O)[O-])c(NC(C)(C)CO)n1. The number of aliphatic hydroxyl groups excluding tert-OH is 1. The highest BCUT2D eigenvalue weighted by atomic mass is 35.5. The second-order valence-electron chi connectivity index (χ2n) is 4.48. The molecule has 19 heavy (non-hydrogen) atoms. The summed E-state index contributed by atoms with van der Waals surface area (Å²) >= 11 is 5.79. The topological polar surface area (TPSA) is 110 Å². The highest BCUT2D eigenvalue weighted by Gasteiger charge is 2.28. The van der Waals surface area contributed by atoms with Crippen molar-refractivity contribution in [2.45, 2.75) is 26.0 Å². The van der Waals surface area contributed by atoms with Crippen molar-refractivity contribution in [3.63, 3.8) is 0 Å². The molecule has 9 heteroatoms. The highest BCUT2D eigenvalue weighted by Crippen LogP contribution is 2.31. The normalized spacial score (nSPS) is 11.4. The van der Waals surface area contributed by atoms with Gasteiger partial charge in [-0.1, -0.05) is 11.6 Å². The lowest BCUT2D eigenvalue weighted by Gasteiger charge is -2.24. The van der Waals surface area contributed by atoms with Crippen LogP contribution in [0.25, 0.3) is 0 Å². The summed E-state index contributed by atoms with van der Waals surface area (Å²) in [6, 6.07) is 0. The maximum atomic E-state index is 11.0. The minimum Gasteiger partial charge on any atom is -0.394 e. The molecule has 1 heterocycles. The Labute approximate surface area is 114 Å². The van der Waals surface area contributed by atoms with Gasteiger partial charge in [-0.2, -0.15) is 0 Å². The fourth-order valence-electron chi connectivity index (χ4n) is 1.27. The van der Waals surface area contributed by atoms with Crippen LogP contribution in [0, 0.1) is 10.1 Å². The van der Waals surface area contributed by atoms with E-state index in [2.05, 4.69) is 15.3 Å². The molecule has 2 N–H and O–H groups in total. The molecule has 0 amide bonds. The van der Waals surface area contributed by atoms with Crippen LogP contribution in [-0.4, -0.2) is 39.3 Å². The molecule has 0 radical (unpaired) electrons. The molecule has 1 rings (SSSR count). The lowest BCUT2D eigenvalue weighted by atomic mass is 10.1. The summed E-state index contributed by atoms with van der Waals surface area (Å²) in [4.78, 5) is 18.1. The van der Waals surface area contributed by atoms with Crippen LogP contribution in [0.1, 0.15) is 19.7 Å². The zero-order valence-corrected chi connectivity index (χ0v) is 11.6. The lowest BCUT2D eigenvalue weighted by Crippen LogP contribution is -2.35. The van der Waals surface area contributed by atoms with Gasteiger partial charge in [0, 0.05) is 7.11 Å². The molecule has 0 aliphatic heterocycles. The molecule has 0 aliphatic rings. The van der Waals surface area contributed by atoms with Crippen LogP contribution in [0.15, 0.2) is 0 Å². The van der Waals surface area contributed by atoms with Gasteiger partial charge in [0.25, 0.3) is 0 Å². The Kier molecular flexibility index (Phi) is 4.98. The fourth-order valence-corrected chi connectivity index (χ4v) is 1.53. The van der Waals surface area contributed by atoms with Crippen molar-refractivity contribution in [2.24, 2.45) is 0 Å². The first-order chi connectivity index (χ1) is 8.80. The minimum atomic E-state index is -0.785. The summed E-state index contributed by atoms with van der Waals surface area (Å²) in [5.74, 6) is 0.172. The molecule has 8 nitrogen and oxygen atoms in total. The van der Waals surface area contributed by atoms with E-state index in [4.69, 9.17) is 16.3 Å². The summed E-state index contributed by atoms with van der Waals surface area (Å²) in [6.07, 6.45) is 0. The number of aromatic nitrogens is 2. The van der Waals surface area contributed by atoms with Crippen molar-refractivity contribution in [2.75, 3.05) is 19.0 Å². The summed E-state index contributed by atoms with van der Waals surface area (Å²) in [6.45, 7) is 3.18. The Bertz CT molecular complexity index is 481. The maximum Gasteiger partial charge on any atom is 0.348 e. The monoisotopic (exact) mass is 290 g/mol. The number of nitro groups is 1. The first-order valence-corrected chi connectivity index (χ1v) is 5.77. The average Bonchev–Trinajstić information content (AvgIpc) is 2.27. The van der Waals surface area contributed by atoms with E-state index >= 15 is 0 Å². The number of rotatable bonds is 6. The summed E-state index contributed by atoms with van der Waals surface area (Å²) < 4.78 is 4.86. The van der Waals surface area contributed by atoms with Gasteiger partial charge < -0.3 is 15.2 Å². The Balaban J connectivity index is 3.27. The van der Waals surface area contributed by atoms with Gasteiger partial charge in [-0.05, 0) is 13.8 Å². The summed E-state index contributed by atoms with van der Waals surface area (Å²) in [7, 11) is 1.45. The first-order valence-electron chi connectivity index (χ1n) is 5.39. The molecule has 0 spiro atoms. The second kappa shape index (κ2) is 6.09. The molecule has 0 aromatic carbocycles. The third-order valence-electron chi connectivity index (χ3n) is 2.20. The Hall–Kier alpha value is -1.51. The maximum absolute atomic E-state index is 11.0. The zero-order chi connectivity index (χ0) is 14.6. The van der Waals surface area contributed by atoms with E-state index in [1.807, 2.05) is 0 Å². The molecule has 0 bridgehead atoms. The standard InChI is InChI=1S/C10H15ClN4O4/c1-10(2,5-16)14-9-7(15(17)18)8(11)12-6(13-9)4-19-3/h16H,4-5H2,1-3H3,(H,12,13,14). The molecule has 1 aromatic rings. The van der Waals surface area contributed by atoms with E-state index < -0.39 is 16.1 Å². The average molecular weight is 291 g/mol. The van der Waals surface area contributed by atoms with Crippen LogP contribution in [0.3, 0.4) is 0 Å². The van der Waals surface area contributed by atoms with Gasteiger partial charge in [-0.25, -0.2) is 9.97 Å². The number of hydrogen-bond donors (Lipinski definition) is 2. The number of ether oxygens (including phenoxy) is 1. The van der Waals surface area contributed by atoms with Crippen molar-refractivity contribution in [3.8, 4) is 0 Å². The van der Waals surface area contributed by atoms with Crippen molar-refractivity contribution in [3.05, 3.63) is 21.1 Å². The number of nitrogens with zero attached hydrogens (tertiary/aromatic N) is 3. The first kappa shape index (κ1) is 15.5. The molecular formula is C10H15ClN4O4. The van der Waals surface area contributed by atoms with Crippen LogP contribution < -0.4 is 5.32 Å². The molecule has 0 fully saturated rings. The van der Waals surface area contributed by atoms with Crippen LogP contribution >= 0.6 is 11.6 Å². The van der Waals surface area contributed by atoms with Gasteiger partial charge in [0.2, 0.25) is 11.0 Å². The Morgan fingerprint density at radius 3 is 2.63 bits per heavy atom. The third-order valence-corrected chi connectivity index (χ3v) is 2.46. The smallest absolute Gasteiger partial charge is 0.348 e. The number of aliphatic hydroxyl groups is 1. The lowest BCUT2D eigenvalue weighted by molar-refractivity contribution is -0.384. The Morgan fingerprint density at radius 1 is 1.53 bits per heavy atom. The predicted octanol–water partition coefficient (Wildman–Crippen LogP) is 1.37. The van der Waals surface area contributed by atoms with Crippen molar-refractivity contribution in [1.29, 1.82) is 0 Å². The van der Waals surface area contributed by atoms with Crippen molar-refractivity contribution >= 4 is 23.1 Å². The van der Waals surface area contributed by atoms with Crippen LogP contribution in [0.5, 0.6) is 0 Å². The van der Waals surface area contributed by atoms with Crippen LogP contribution in [0.2, 0.25) is 5.15 Å². The molecule has 0 saturated heterocycles. The second-order valence-corrected chi connectivity index (χ2v) is 4.84. The van der Waals surface area contributed by atoms with Gasteiger partial charge in [0.1, 0.15) is 6.61 Å². The minimum absolute atomic E-state index is 0.0453. The molecule has 106 valence electrons. The van der Waals surface area contributed by atoms with Gasteiger partial charge in [0.05, 0.1) is 17.1 Å². The zero-order valence-electron chi connectivity index (χ0n) is 10.8. The molecule has 0 atom stereocenters. The molecule has 0 saturated carbocycles. The quantitative estimate of drug-likeness (QED) is 0.462. The number of halogens is 1. The van der Waals surface area contributed by atoms with Gasteiger partial charge in [-0.3, -0.25) is 10.1 Å². The summed E-state index contributed by atoms with van der Waals surface area (Å²) in [5.41, 5.74) is -1.21. The van der Waals surface area contributed by atoms with E-state index in [9.17, 15) is 15.2 Å². The molecular weight excluding hydrogens is 276 g/mol. The predicted molar refractivity (Wildman–Crippen MR) is 69.2 cm³/mol. The van der Waals surface area contributed by atoms with E-state index in [0.717, 1.165) is 0 Å². The van der Waals surface area contributed by atoms with Crippen molar-refractivity contribution in [1.82, 2.24) is 9.97 Å². The number of methoxy groups -OCH3 is 1. The summed E-state index contributed by atoms with van der Waals surface area (Å²) in [5, 5.41) is 22.7. The number of anilines is 1. The van der Waals surface area contributed by atoms with Crippen LogP contribution in [-0.2, 0) is 11.3 Å². The van der Waals surface area contributed by atoms with Crippen molar-refractivity contribution < 1.29 is 14.8 Å². The molecule has 0 aliphatic carbocycles. The van der Waals surface area contributed by atoms with Gasteiger partial charge >= 0.3 is 5.69 Å². The largest absolute Gasteiger partial charge is 0.394 e. The fraction of sp³-hybridized carbons (Fsp3) is 0.600. The highest BCUT2D eigenvalue weighted by molar-refractivity contribution is 6.31. The van der Waals surface area contributed by atoms with E-state index in [0.29, 0.717) is 0 Å². The van der Waals surface area contributed by atoms with Crippen LogP contribution in [0.4, 0.5) is 11.5 Å². The van der Waals surface area contributed by atoms with E-state index in [1.165, 1.54) is 7.11 Å². The number of hydrogen-bond acceptors (Lipinski definition) is 7. The molecule has 1 aromatic heterocycles. The van der Waals surface area contributed by atoms with Gasteiger partial charge in [0.15, 0.2) is 5.82 Å². The third kappa shape index (κ3) is 3.98. The van der Waals surface area contributed by atoms with E-state index in [1.54, 1.807) is 13.8 Å². The number of nitrogens with one attached hydrogen (secondary N) is 1. The molecule has 0 unspecified atom stereocenters. The van der Waals surface area contributed by atoms with Gasteiger partial charge in [-0.15, -0.1) is 0 Å². The van der Waals surface area contributed by atoms with E-state index in [-0.39, 0.29) is 30.0 Å². The Morgan fingerprint density at radius 2 is 2.16 bits per heavy atom.